The van der Waals surface area contributed by atoms with Crippen LogP contribution in [0.25, 0.3) is 11.1 Å². The molecule has 0 fully saturated rings. The molecule has 0 bridgehead atoms. The zero-order valence-corrected chi connectivity index (χ0v) is 26.1. The SMILES string of the molecule is CCC1=C(C)C([Si](C)(C)C2C(C)=C(CC)c3c(C)c(C)c(C)c(C)c32)c2c(C)c(C)c(C)c(C)c21. The van der Waals surface area contributed by atoms with Gasteiger partial charge in [0.15, 0.2) is 0 Å². The molecule has 2 aromatic carbocycles. The number of hydrogen-bond acceptors (Lipinski definition) is 0. The summed E-state index contributed by atoms with van der Waals surface area (Å²) in [5, 5.41) is 0. The molecular formula is C34H48Si. The maximum atomic E-state index is 2.72. The number of fused-ring (bicyclic) bond motifs is 2. The standard InChI is InChI=1S/C34H48Si/c1-15-27-25(11)33(31-23(9)19(5)17(3)21(7)29(27)31)35(13,14)34-26(12)28(16-2)30-22(8)18(4)20(6)24(10)32(30)34/h33-34H,15-16H2,1-14H3. The summed E-state index contributed by atoms with van der Waals surface area (Å²) < 4.78 is 0. The molecule has 0 nitrogen and oxygen atoms in total. The summed E-state index contributed by atoms with van der Waals surface area (Å²) in [6.07, 6.45) is 2.27. The van der Waals surface area contributed by atoms with Crippen molar-refractivity contribution < 1.29 is 0 Å². The van der Waals surface area contributed by atoms with Crippen LogP contribution in [-0.2, 0) is 0 Å². The van der Waals surface area contributed by atoms with E-state index in [1.54, 1.807) is 55.7 Å². The van der Waals surface area contributed by atoms with Crippen molar-refractivity contribution in [3.05, 3.63) is 77.9 Å². The van der Waals surface area contributed by atoms with Crippen LogP contribution < -0.4 is 0 Å². The molecule has 0 aliphatic heterocycles. The Morgan fingerprint density at radius 2 is 0.743 bits per heavy atom. The zero-order chi connectivity index (χ0) is 26.3. The Bertz CT molecular complexity index is 1220. The van der Waals surface area contributed by atoms with E-state index in [-0.39, 0.29) is 0 Å². The van der Waals surface area contributed by atoms with Crippen LogP contribution in [0.15, 0.2) is 11.1 Å². The Hall–Kier alpha value is -1.86. The van der Waals surface area contributed by atoms with Crippen molar-refractivity contribution in [3.8, 4) is 0 Å². The summed E-state index contributed by atoms with van der Waals surface area (Å²) in [5.41, 5.74) is 26.5. The zero-order valence-electron chi connectivity index (χ0n) is 25.1. The summed E-state index contributed by atoms with van der Waals surface area (Å²) in [5.74, 6) is 0. The van der Waals surface area contributed by atoms with Crippen molar-refractivity contribution in [2.45, 2.75) is 120 Å². The van der Waals surface area contributed by atoms with Gasteiger partial charge in [0.2, 0.25) is 0 Å². The summed E-state index contributed by atoms with van der Waals surface area (Å²) in [7, 11) is -1.89. The molecule has 0 amide bonds. The second-order valence-corrected chi connectivity index (χ2v) is 17.1. The Balaban J connectivity index is 2.07. The maximum Gasteiger partial charge on any atom is 0.0722 e. The van der Waals surface area contributed by atoms with Crippen LogP contribution in [0.1, 0.15) is 118 Å². The van der Waals surface area contributed by atoms with Gasteiger partial charge in [-0.05, 0) is 160 Å². The molecule has 188 valence electrons. The van der Waals surface area contributed by atoms with Crippen LogP contribution in [0.3, 0.4) is 0 Å². The molecule has 2 unspecified atom stereocenters. The van der Waals surface area contributed by atoms with Crippen LogP contribution in [0.4, 0.5) is 0 Å². The molecule has 0 N–H and O–H groups in total. The lowest BCUT2D eigenvalue weighted by atomic mass is 9.87. The van der Waals surface area contributed by atoms with Gasteiger partial charge in [-0.1, -0.05) is 38.1 Å². The molecule has 0 radical (unpaired) electrons. The third kappa shape index (κ3) is 3.29. The van der Waals surface area contributed by atoms with Crippen LogP contribution in [0.2, 0.25) is 13.1 Å². The first kappa shape index (κ1) is 26.2. The summed E-state index contributed by atoms with van der Waals surface area (Å²) >= 11 is 0. The lowest BCUT2D eigenvalue weighted by Gasteiger charge is -2.40. The minimum atomic E-state index is -1.89. The fourth-order valence-corrected chi connectivity index (χ4v) is 13.4. The van der Waals surface area contributed by atoms with Crippen LogP contribution in [0, 0.1) is 55.4 Å². The average Bonchev–Trinajstić information content (AvgIpc) is 3.30. The lowest BCUT2D eigenvalue weighted by Crippen LogP contribution is -2.43. The monoisotopic (exact) mass is 484 g/mol. The Labute approximate surface area is 217 Å². The molecule has 0 saturated carbocycles. The summed E-state index contributed by atoms with van der Waals surface area (Å²) in [6.45, 7) is 34.1. The van der Waals surface area contributed by atoms with Gasteiger partial charge >= 0.3 is 0 Å². The molecule has 0 aromatic heterocycles. The highest BCUT2D eigenvalue weighted by Crippen LogP contribution is 2.59. The molecule has 4 rings (SSSR count). The second kappa shape index (κ2) is 8.62. The van der Waals surface area contributed by atoms with E-state index in [1.807, 2.05) is 0 Å². The van der Waals surface area contributed by atoms with Crippen molar-refractivity contribution >= 4 is 19.2 Å². The fourth-order valence-electron chi connectivity index (χ4n) is 8.30. The number of rotatable bonds is 4. The summed E-state index contributed by atoms with van der Waals surface area (Å²) in [6, 6.07) is 0. The average molecular weight is 485 g/mol. The van der Waals surface area contributed by atoms with E-state index in [2.05, 4.69) is 96.2 Å². The number of allylic oxidation sites excluding steroid dienone is 4. The third-order valence-electron chi connectivity index (χ3n) is 10.7. The van der Waals surface area contributed by atoms with Crippen molar-refractivity contribution in [3.63, 3.8) is 0 Å². The highest BCUT2D eigenvalue weighted by Gasteiger charge is 2.50. The molecule has 2 aliphatic rings. The topological polar surface area (TPSA) is 0 Å². The fraction of sp³-hybridized carbons (Fsp3) is 0.529. The van der Waals surface area contributed by atoms with E-state index < -0.39 is 8.07 Å². The number of benzene rings is 2. The van der Waals surface area contributed by atoms with Gasteiger partial charge in [0.05, 0.1) is 8.07 Å². The van der Waals surface area contributed by atoms with Crippen LogP contribution in [0.5, 0.6) is 0 Å². The Morgan fingerprint density at radius 1 is 0.457 bits per heavy atom. The highest BCUT2D eigenvalue weighted by atomic mass is 28.3. The predicted octanol–water partition coefficient (Wildman–Crippen LogP) is 10.2. The summed E-state index contributed by atoms with van der Waals surface area (Å²) in [4.78, 5) is 0. The molecule has 2 aromatic rings. The number of hydrogen-bond donors (Lipinski definition) is 0. The molecule has 0 spiro atoms. The van der Waals surface area contributed by atoms with E-state index in [0.717, 1.165) is 12.8 Å². The van der Waals surface area contributed by atoms with Crippen molar-refractivity contribution in [1.82, 2.24) is 0 Å². The van der Waals surface area contributed by atoms with Crippen molar-refractivity contribution in [1.29, 1.82) is 0 Å². The van der Waals surface area contributed by atoms with Crippen molar-refractivity contribution in [2.75, 3.05) is 0 Å². The van der Waals surface area contributed by atoms with Gasteiger partial charge in [0, 0.05) is 11.1 Å². The largest absolute Gasteiger partial charge is 0.0722 e. The van der Waals surface area contributed by atoms with Crippen LogP contribution >= 0.6 is 0 Å². The van der Waals surface area contributed by atoms with E-state index in [0.29, 0.717) is 11.1 Å². The van der Waals surface area contributed by atoms with Crippen LogP contribution in [-0.4, -0.2) is 8.07 Å². The molecule has 0 saturated heterocycles. The minimum Gasteiger partial charge on any atom is -0.0679 e. The van der Waals surface area contributed by atoms with Crippen molar-refractivity contribution in [2.24, 2.45) is 0 Å². The second-order valence-electron chi connectivity index (χ2n) is 12.3. The molecule has 2 atom stereocenters. The van der Waals surface area contributed by atoms with Gasteiger partial charge in [-0.3, -0.25) is 0 Å². The highest BCUT2D eigenvalue weighted by molar-refractivity contribution is 6.82. The maximum absolute atomic E-state index is 2.72. The molecule has 2 aliphatic carbocycles. The molecular weight excluding hydrogens is 436 g/mol. The first-order valence-electron chi connectivity index (χ1n) is 13.9. The van der Waals surface area contributed by atoms with E-state index in [4.69, 9.17) is 0 Å². The molecule has 35 heavy (non-hydrogen) atoms. The predicted molar refractivity (Wildman–Crippen MR) is 160 cm³/mol. The van der Waals surface area contributed by atoms with Gasteiger partial charge in [-0.25, -0.2) is 0 Å². The van der Waals surface area contributed by atoms with Gasteiger partial charge in [0.25, 0.3) is 0 Å². The van der Waals surface area contributed by atoms with Gasteiger partial charge in [-0.15, -0.1) is 0 Å². The first-order chi connectivity index (χ1) is 16.2. The van der Waals surface area contributed by atoms with Gasteiger partial charge in [0.1, 0.15) is 0 Å². The third-order valence-corrected chi connectivity index (χ3v) is 15.1. The lowest BCUT2D eigenvalue weighted by molar-refractivity contribution is 0.941. The minimum absolute atomic E-state index is 0.579. The molecule has 0 heterocycles. The first-order valence-corrected chi connectivity index (χ1v) is 17.0. The quantitative estimate of drug-likeness (QED) is 0.379. The Kier molecular flexibility index (Phi) is 6.45. The van der Waals surface area contributed by atoms with Gasteiger partial charge in [-0.2, -0.15) is 0 Å². The normalized spacial score (nSPS) is 19.7. The van der Waals surface area contributed by atoms with E-state index in [1.165, 1.54) is 33.4 Å². The Morgan fingerprint density at radius 3 is 1.03 bits per heavy atom. The van der Waals surface area contributed by atoms with Gasteiger partial charge < -0.3 is 0 Å². The van der Waals surface area contributed by atoms with E-state index >= 15 is 0 Å². The smallest absolute Gasteiger partial charge is 0.0679 e. The van der Waals surface area contributed by atoms with E-state index in [9.17, 15) is 0 Å². The molecule has 1 heteroatoms.